The number of hydrogen-bond donors (Lipinski definition) is 1. The first-order valence-electron chi connectivity index (χ1n) is 8.94. The maximum absolute atomic E-state index is 12.6. The van der Waals surface area contributed by atoms with E-state index < -0.39 is 0 Å². The Labute approximate surface area is 143 Å². The molecule has 1 N–H and O–H groups in total. The van der Waals surface area contributed by atoms with Crippen molar-refractivity contribution in [2.45, 2.75) is 44.3 Å². The summed E-state index contributed by atoms with van der Waals surface area (Å²) in [6.45, 7) is 3.53. The zero-order valence-corrected chi connectivity index (χ0v) is 14.4. The first kappa shape index (κ1) is 17.2. The van der Waals surface area contributed by atoms with Gasteiger partial charge >= 0.3 is 6.03 Å². The molecular formula is C17H28N4O3. The van der Waals surface area contributed by atoms with Gasteiger partial charge in [0.25, 0.3) is 0 Å². The molecule has 2 fully saturated rings. The fraction of sp³-hybridized carbons (Fsp3) is 0.765. The van der Waals surface area contributed by atoms with Gasteiger partial charge in [0.1, 0.15) is 0 Å². The van der Waals surface area contributed by atoms with Crippen molar-refractivity contribution in [2.24, 2.45) is 7.05 Å². The normalized spacial score (nSPS) is 23.5. The highest BCUT2D eigenvalue weighted by molar-refractivity contribution is 5.74. The number of ether oxygens (including phenoxy) is 2. The van der Waals surface area contributed by atoms with Gasteiger partial charge in [0.2, 0.25) is 0 Å². The largest absolute Gasteiger partial charge is 0.376 e. The summed E-state index contributed by atoms with van der Waals surface area (Å²) in [6, 6.07) is -0.0232. The highest BCUT2D eigenvalue weighted by Crippen LogP contribution is 2.17. The van der Waals surface area contributed by atoms with Crippen LogP contribution in [0, 0.1) is 0 Å². The molecule has 7 heteroatoms. The van der Waals surface area contributed by atoms with Gasteiger partial charge in [-0.15, -0.1) is 0 Å². The Morgan fingerprint density at radius 3 is 2.46 bits per heavy atom. The van der Waals surface area contributed by atoms with E-state index in [2.05, 4.69) is 10.4 Å². The molecular weight excluding hydrogens is 308 g/mol. The minimum Gasteiger partial charge on any atom is -0.376 e. The fourth-order valence-corrected chi connectivity index (χ4v) is 3.34. The smallest absolute Gasteiger partial charge is 0.317 e. The van der Waals surface area contributed by atoms with Gasteiger partial charge in [0.15, 0.2) is 0 Å². The van der Waals surface area contributed by atoms with Crippen molar-refractivity contribution >= 4 is 6.03 Å². The third-order valence-electron chi connectivity index (χ3n) is 4.63. The molecule has 134 valence electrons. The van der Waals surface area contributed by atoms with Crippen molar-refractivity contribution in [3.8, 4) is 0 Å². The molecule has 3 heterocycles. The average Bonchev–Trinajstić information content (AvgIpc) is 3.30. The summed E-state index contributed by atoms with van der Waals surface area (Å²) in [5, 5.41) is 7.17. The number of nitrogens with one attached hydrogen (secondary N) is 1. The van der Waals surface area contributed by atoms with E-state index in [1.165, 1.54) is 0 Å². The van der Waals surface area contributed by atoms with Gasteiger partial charge in [0, 0.05) is 46.1 Å². The van der Waals surface area contributed by atoms with E-state index in [-0.39, 0.29) is 18.2 Å². The van der Waals surface area contributed by atoms with Gasteiger partial charge in [-0.2, -0.15) is 5.10 Å². The van der Waals surface area contributed by atoms with Crippen molar-refractivity contribution in [1.82, 2.24) is 20.0 Å². The molecule has 0 aliphatic carbocycles. The standard InChI is InChI=1S/C17H28N4O3/c1-20-11-14(10-19-20)6-7-18-17(22)21(12-15-4-2-8-23-15)13-16-5-3-9-24-16/h10-11,15-16H,2-9,12-13H2,1H3,(H,18,22)/t15-,16+. The lowest BCUT2D eigenvalue weighted by Gasteiger charge is -2.28. The van der Waals surface area contributed by atoms with E-state index >= 15 is 0 Å². The van der Waals surface area contributed by atoms with Crippen LogP contribution in [0.5, 0.6) is 0 Å². The van der Waals surface area contributed by atoms with Crippen molar-refractivity contribution in [3.63, 3.8) is 0 Å². The molecule has 2 aliphatic heterocycles. The van der Waals surface area contributed by atoms with E-state index in [1.54, 1.807) is 4.68 Å². The summed E-state index contributed by atoms with van der Waals surface area (Å²) in [4.78, 5) is 14.5. The van der Waals surface area contributed by atoms with E-state index in [9.17, 15) is 4.79 Å². The molecule has 2 aliphatic rings. The SMILES string of the molecule is Cn1cc(CCNC(=O)N(C[C@H]2CCCO2)C[C@@H]2CCCO2)cn1. The maximum Gasteiger partial charge on any atom is 0.317 e. The number of nitrogens with zero attached hydrogens (tertiary/aromatic N) is 3. The zero-order chi connectivity index (χ0) is 16.8. The quantitative estimate of drug-likeness (QED) is 0.816. The second-order valence-electron chi connectivity index (χ2n) is 6.68. The zero-order valence-electron chi connectivity index (χ0n) is 14.4. The molecule has 7 nitrogen and oxygen atoms in total. The van der Waals surface area contributed by atoms with E-state index in [0.717, 1.165) is 50.9 Å². The number of carbonyl (C=O) groups is 1. The van der Waals surface area contributed by atoms with Crippen molar-refractivity contribution < 1.29 is 14.3 Å². The van der Waals surface area contributed by atoms with Gasteiger partial charge < -0.3 is 19.7 Å². The molecule has 24 heavy (non-hydrogen) atoms. The van der Waals surface area contributed by atoms with Gasteiger partial charge in [-0.25, -0.2) is 4.79 Å². The maximum atomic E-state index is 12.6. The van der Waals surface area contributed by atoms with Crippen LogP contribution in [0.3, 0.4) is 0 Å². The lowest BCUT2D eigenvalue weighted by molar-refractivity contribution is 0.0499. The van der Waals surface area contributed by atoms with Crippen molar-refractivity contribution in [2.75, 3.05) is 32.8 Å². The lowest BCUT2D eigenvalue weighted by Crippen LogP contribution is -2.47. The molecule has 2 amide bonds. The second kappa shape index (κ2) is 8.48. The first-order chi connectivity index (χ1) is 11.7. The van der Waals surface area contributed by atoms with Crippen LogP contribution < -0.4 is 5.32 Å². The van der Waals surface area contributed by atoms with Gasteiger partial charge in [-0.1, -0.05) is 0 Å². The van der Waals surface area contributed by atoms with Crippen molar-refractivity contribution in [3.05, 3.63) is 18.0 Å². The summed E-state index contributed by atoms with van der Waals surface area (Å²) >= 11 is 0. The summed E-state index contributed by atoms with van der Waals surface area (Å²) in [5.41, 5.74) is 1.13. The van der Waals surface area contributed by atoms with Crippen LogP contribution in [-0.4, -0.2) is 65.8 Å². The molecule has 2 atom stereocenters. The Hall–Kier alpha value is -1.60. The number of urea groups is 1. The number of aromatic nitrogens is 2. The summed E-state index contributed by atoms with van der Waals surface area (Å²) in [6.07, 6.45) is 9.16. The number of hydrogen-bond acceptors (Lipinski definition) is 4. The van der Waals surface area contributed by atoms with Crippen LogP contribution in [0.25, 0.3) is 0 Å². The Balaban J connectivity index is 1.48. The summed E-state index contributed by atoms with van der Waals surface area (Å²) < 4.78 is 13.2. The molecule has 0 spiro atoms. The molecule has 1 aromatic rings. The van der Waals surface area contributed by atoms with E-state index in [0.29, 0.717) is 19.6 Å². The van der Waals surface area contributed by atoms with E-state index in [4.69, 9.17) is 9.47 Å². The molecule has 0 unspecified atom stereocenters. The molecule has 0 radical (unpaired) electrons. The number of aryl methyl sites for hydroxylation is 1. The van der Waals surface area contributed by atoms with Gasteiger partial charge in [-0.05, 0) is 37.7 Å². The number of rotatable bonds is 7. The minimum absolute atomic E-state index is 0.0232. The van der Waals surface area contributed by atoms with Gasteiger partial charge in [-0.3, -0.25) is 4.68 Å². The highest BCUT2D eigenvalue weighted by Gasteiger charge is 2.26. The van der Waals surface area contributed by atoms with Crippen LogP contribution in [-0.2, 0) is 22.9 Å². The Kier molecular flexibility index (Phi) is 6.09. The molecule has 0 bridgehead atoms. The first-order valence-corrected chi connectivity index (χ1v) is 8.94. The average molecular weight is 336 g/mol. The topological polar surface area (TPSA) is 68.6 Å². The van der Waals surface area contributed by atoms with Crippen LogP contribution in [0.15, 0.2) is 12.4 Å². The van der Waals surface area contributed by atoms with Crippen LogP contribution in [0.4, 0.5) is 4.79 Å². The predicted molar refractivity (Wildman–Crippen MR) is 89.8 cm³/mol. The predicted octanol–water partition coefficient (Wildman–Crippen LogP) is 1.33. The number of carbonyl (C=O) groups excluding carboxylic acids is 1. The summed E-state index contributed by atoms with van der Waals surface area (Å²) in [7, 11) is 1.90. The third kappa shape index (κ3) is 4.95. The molecule has 1 aromatic heterocycles. The molecule has 0 aromatic carbocycles. The number of amides is 2. The molecule has 3 rings (SSSR count). The Bertz CT molecular complexity index is 504. The lowest BCUT2D eigenvalue weighted by atomic mass is 10.2. The van der Waals surface area contributed by atoms with Crippen molar-refractivity contribution in [1.29, 1.82) is 0 Å². The van der Waals surface area contributed by atoms with Crippen LogP contribution >= 0.6 is 0 Å². The van der Waals surface area contributed by atoms with E-state index in [1.807, 2.05) is 24.3 Å². The second-order valence-corrected chi connectivity index (χ2v) is 6.68. The summed E-state index contributed by atoms with van der Waals surface area (Å²) in [5.74, 6) is 0. The van der Waals surface area contributed by atoms with Crippen LogP contribution in [0.2, 0.25) is 0 Å². The van der Waals surface area contributed by atoms with Crippen LogP contribution in [0.1, 0.15) is 31.2 Å². The molecule has 2 saturated heterocycles. The molecule has 0 saturated carbocycles. The van der Waals surface area contributed by atoms with Gasteiger partial charge in [0.05, 0.1) is 18.4 Å². The monoisotopic (exact) mass is 336 g/mol. The third-order valence-corrected chi connectivity index (χ3v) is 4.63. The Morgan fingerprint density at radius 1 is 1.29 bits per heavy atom. The Morgan fingerprint density at radius 2 is 1.96 bits per heavy atom. The highest BCUT2D eigenvalue weighted by atomic mass is 16.5. The fourth-order valence-electron chi connectivity index (χ4n) is 3.34. The minimum atomic E-state index is -0.0232.